The minimum absolute atomic E-state index is 1.22. The molecule has 2 heteroatoms. The number of thiophene rings is 2. The molecule has 0 bridgehead atoms. The van der Waals surface area contributed by atoms with E-state index in [-0.39, 0.29) is 0 Å². The number of fused-ring (bicyclic) bond motifs is 5. The summed E-state index contributed by atoms with van der Waals surface area (Å²) >= 11 is 3.94. The van der Waals surface area contributed by atoms with Gasteiger partial charge in [0.25, 0.3) is 0 Å². The van der Waals surface area contributed by atoms with Gasteiger partial charge in [-0.1, -0.05) is 106 Å². The summed E-state index contributed by atoms with van der Waals surface area (Å²) in [5.41, 5.74) is 5.43. The normalized spacial score (nSPS) is 11.8. The first-order valence-corrected chi connectivity index (χ1v) is 14.3. The standard InChI is InChI=1S/C31H34S2/c1-3-4-5-6-7-8-9-10-11-23-14-18-26-28(20-23)32-31-27-19-17-25(21-29(27)33-30(26)31)24-15-12-22(2)13-16-24/h12-21H,3-11H2,1-2H3. The van der Waals surface area contributed by atoms with Gasteiger partial charge in [0.1, 0.15) is 0 Å². The number of benzene rings is 3. The van der Waals surface area contributed by atoms with E-state index in [0.29, 0.717) is 0 Å². The Morgan fingerprint density at radius 2 is 1.15 bits per heavy atom. The molecular formula is C31H34S2. The van der Waals surface area contributed by atoms with Crippen molar-refractivity contribution in [3.8, 4) is 11.1 Å². The minimum Gasteiger partial charge on any atom is -0.134 e. The van der Waals surface area contributed by atoms with Crippen LogP contribution in [0.3, 0.4) is 0 Å². The van der Waals surface area contributed by atoms with Crippen LogP contribution >= 0.6 is 22.7 Å². The third-order valence-electron chi connectivity index (χ3n) is 6.85. The number of hydrogen-bond donors (Lipinski definition) is 0. The molecule has 0 fully saturated rings. The van der Waals surface area contributed by atoms with Crippen LogP contribution in [0.4, 0.5) is 0 Å². The Hall–Kier alpha value is -2.16. The summed E-state index contributed by atoms with van der Waals surface area (Å²) in [7, 11) is 0. The molecule has 2 aromatic heterocycles. The zero-order chi connectivity index (χ0) is 22.6. The van der Waals surface area contributed by atoms with Gasteiger partial charge in [-0.2, -0.15) is 0 Å². The second kappa shape index (κ2) is 10.4. The van der Waals surface area contributed by atoms with Crippen molar-refractivity contribution < 1.29 is 0 Å². The van der Waals surface area contributed by atoms with Crippen LogP contribution < -0.4 is 0 Å². The summed E-state index contributed by atoms with van der Waals surface area (Å²) < 4.78 is 5.78. The Morgan fingerprint density at radius 3 is 1.85 bits per heavy atom. The summed E-state index contributed by atoms with van der Waals surface area (Å²) in [6.45, 7) is 4.44. The molecule has 2 heterocycles. The van der Waals surface area contributed by atoms with Gasteiger partial charge in [-0.3, -0.25) is 0 Å². The average molecular weight is 471 g/mol. The van der Waals surface area contributed by atoms with Gasteiger partial charge in [0.2, 0.25) is 0 Å². The van der Waals surface area contributed by atoms with Crippen molar-refractivity contribution in [1.29, 1.82) is 0 Å². The summed E-state index contributed by atoms with van der Waals surface area (Å²) in [5, 5.41) is 2.85. The molecule has 0 spiro atoms. The van der Waals surface area contributed by atoms with Crippen LogP contribution in [0.2, 0.25) is 0 Å². The predicted molar refractivity (Wildman–Crippen MR) is 151 cm³/mol. The van der Waals surface area contributed by atoms with Gasteiger partial charge in [0, 0.05) is 20.2 Å². The second-order valence-electron chi connectivity index (χ2n) is 9.49. The second-order valence-corrected chi connectivity index (χ2v) is 11.6. The molecule has 0 unspecified atom stereocenters. The number of rotatable bonds is 10. The van der Waals surface area contributed by atoms with Crippen molar-refractivity contribution in [2.45, 2.75) is 71.6 Å². The Bertz CT molecular complexity index is 1350. The summed E-state index contributed by atoms with van der Waals surface area (Å²) in [4.78, 5) is 0. The van der Waals surface area contributed by atoms with Crippen molar-refractivity contribution >= 4 is 52.2 Å². The summed E-state index contributed by atoms with van der Waals surface area (Å²) in [5.74, 6) is 0. The molecule has 5 aromatic rings. The van der Waals surface area contributed by atoms with Crippen LogP contribution in [0.5, 0.6) is 0 Å². The molecular weight excluding hydrogens is 436 g/mol. The maximum atomic E-state index is 2.46. The lowest BCUT2D eigenvalue weighted by Crippen LogP contribution is -1.86. The fourth-order valence-electron chi connectivity index (χ4n) is 4.84. The fourth-order valence-corrected chi connectivity index (χ4v) is 7.60. The molecule has 170 valence electrons. The lowest BCUT2D eigenvalue weighted by atomic mass is 10.0. The van der Waals surface area contributed by atoms with Crippen LogP contribution in [0, 0.1) is 6.92 Å². The Balaban J connectivity index is 1.30. The van der Waals surface area contributed by atoms with E-state index < -0.39 is 0 Å². The molecule has 33 heavy (non-hydrogen) atoms. The first-order chi connectivity index (χ1) is 16.2. The highest BCUT2D eigenvalue weighted by Crippen LogP contribution is 2.45. The molecule has 0 aliphatic rings. The molecule has 0 atom stereocenters. The van der Waals surface area contributed by atoms with E-state index in [4.69, 9.17) is 0 Å². The van der Waals surface area contributed by atoms with Crippen LogP contribution in [0.15, 0.2) is 60.7 Å². The van der Waals surface area contributed by atoms with Crippen molar-refractivity contribution in [3.63, 3.8) is 0 Å². The molecule has 0 N–H and O–H groups in total. The van der Waals surface area contributed by atoms with Crippen LogP contribution in [-0.4, -0.2) is 0 Å². The average Bonchev–Trinajstić information content (AvgIpc) is 3.36. The number of aryl methyl sites for hydroxylation is 2. The molecule has 5 rings (SSSR count). The molecule has 0 aliphatic carbocycles. The third-order valence-corrected chi connectivity index (χ3v) is 9.35. The molecule has 0 nitrogen and oxygen atoms in total. The van der Waals surface area contributed by atoms with Gasteiger partial charge < -0.3 is 0 Å². The first-order valence-electron chi connectivity index (χ1n) is 12.7. The monoisotopic (exact) mass is 470 g/mol. The zero-order valence-corrected chi connectivity index (χ0v) is 21.6. The highest BCUT2D eigenvalue weighted by Gasteiger charge is 2.13. The summed E-state index contributed by atoms with van der Waals surface area (Å²) in [6, 6.07) is 23.1. The van der Waals surface area contributed by atoms with E-state index in [1.807, 2.05) is 22.7 Å². The van der Waals surface area contributed by atoms with Crippen molar-refractivity contribution in [2.75, 3.05) is 0 Å². The Labute approximate surface area is 206 Å². The van der Waals surface area contributed by atoms with E-state index >= 15 is 0 Å². The lowest BCUT2D eigenvalue weighted by Gasteiger charge is -2.03. The van der Waals surface area contributed by atoms with Crippen molar-refractivity contribution in [3.05, 3.63) is 71.8 Å². The summed E-state index contributed by atoms with van der Waals surface area (Å²) in [6.07, 6.45) is 12.3. The Morgan fingerprint density at radius 1 is 0.576 bits per heavy atom. The topological polar surface area (TPSA) is 0 Å². The van der Waals surface area contributed by atoms with Gasteiger partial charge >= 0.3 is 0 Å². The van der Waals surface area contributed by atoms with Crippen LogP contribution in [0.1, 0.15) is 69.4 Å². The zero-order valence-electron chi connectivity index (χ0n) is 20.0. The maximum Gasteiger partial charge on any atom is 0.0542 e. The molecule has 0 saturated heterocycles. The van der Waals surface area contributed by atoms with Gasteiger partial charge in [0.05, 0.1) is 9.40 Å². The van der Waals surface area contributed by atoms with Crippen molar-refractivity contribution in [2.24, 2.45) is 0 Å². The SMILES string of the molecule is CCCCCCCCCCc1ccc2c(c1)sc1c3ccc(-c4ccc(C)cc4)cc3sc21. The van der Waals surface area contributed by atoms with Gasteiger partial charge in [-0.15, -0.1) is 22.7 Å². The molecule has 0 radical (unpaired) electrons. The fraction of sp³-hybridized carbons (Fsp3) is 0.355. The molecule has 0 amide bonds. The smallest absolute Gasteiger partial charge is 0.0542 e. The van der Waals surface area contributed by atoms with Gasteiger partial charge in [0.15, 0.2) is 0 Å². The minimum atomic E-state index is 1.22. The van der Waals surface area contributed by atoms with E-state index in [0.717, 1.165) is 0 Å². The molecule has 3 aromatic carbocycles. The highest BCUT2D eigenvalue weighted by atomic mass is 32.1. The number of unbranched alkanes of at least 4 members (excludes halogenated alkanes) is 7. The molecule has 0 aliphatic heterocycles. The predicted octanol–water partition coefficient (Wildman–Crippen LogP) is 10.9. The molecule has 0 saturated carbocycles. The van der Waals surface area contributed by atoms with Crippen LogP contribution in [0.25, 0.3) is 40.7 Å². The van der Waals surface area contributed by atoms with Crippen molar-refractivity contribution in [1.82, 2.24) is 0 Å². The largest absolute Gasteiger partial charge is 0.134 e. The Kier molecular flexibility index (Phi) is 7.13. The van der Waals surface area contributed by atoms with E-state index in [1.165, 1.54) is 110 Å². The third kappa shape index (κ3) is 5.03. The van der Waals surface area contributed by atoms with E-state index in [9.17, 15) is 0 Å². The van der Waals surface area contributed by atoms with Gasteiger partial charge in [-0.25, -0.2) is 0 Å². The number of hydrogen-bond acceptors (Lipinski definition) is 2. The maximum absolute atomic E-state index is 2.46. The quantitative estimate of drug-likeness (QED) is 0.178. The van der Waals surface area contributed by atoms with Gasteiger partial charge in [-0.05, 0) is 48.6 Å². The highest BCUT2D eigenvalue weighted by molar-refractivity contribution is 7.36. The first kappa shape index (κ1) is 22.6. The van der Waals surface area contributed by atoms with E-state index in [1.54, 1.807) is 0 Å². The van der Waals surface area contributed by atoms with E-state index in [2.05, 4.69) is 74.5 Å². The van der Waals surface area contributed by atoms with Crippen LogP contribution in [-0.2, 0) is 6.42 Å². The lowest BCUT2D eigenvalue weighted by molar-refractivity contribution is 0.575.